The van der Waals surface area contributed by atoms with Crippen LogP contribution in [0.25, 0.3) is 6.08 Å². The molecular weight excluding hydrogens is 454 g/mol. The van der Waals surface area contributed by atoms with Crippen LogP contribution in [0, 0.1) is 0 Å². The van der Waals surface area contributed by atoms with Crippen LogP contribution in [-0.2, 0) is 17.6 Å². The topological polar surface area (TPSA) is 53.2 Å². The van der Waals surface area contributed by atoms with Crippen molar-refractivity contribution in [2.75, 3.05) is 6.61 Å². The molecule has 0 fully saturated rings. The minimum Gasteiger partial charge on any atom is -0.492 e. The fourth-order valence-corrected chi connectivity index (χ4v) is 5.19. The average molecular weight is 506 g/mol. The molecule has 2 N–H and O–H groups in total. The summed E-state index contributed by atoms with van der Waals surface area (Å²) in [5.41, 5.74) is 6.92. The summed E-state index contributed by atoms with van der Waals surface area (Å²) in [6.07, 6.45) is 27.4. The molecule has 4 heteroatoms. The molecule has 0 unspecified atom stereocenters. The second-order valence-electron chi connectivity index (χ2n) is 10.5. The Labute approximate surface area is 226 Å². The van der Waals surface area contributed by atoms with E-state index >= 15 is 0 Å². The summed E-state index contributed by atoms with van der Waals surface area (Å²) in [7, 11) is 0. The minimum atomic E-state index is 0.633. The van der Waals surface area contributed by atoms with Crippen LogP contribution in [0.3, 0.4) is 0 Å². The van der Waals surface area contributed by atoms with E-state index in [0.29, 0.717) is 6.61 Å². The van der Waals surface area contributed by atoms with E-state index < -0.39 is 0 Å². The Balaban J connectivity index is 1.63. The molecule has 204 valence electrons. The first-order chi connectivity index (χ1) is 18.2. The average Bonchev–Trinajstić information content (AvgIpc) is 3.64. The minimum absolute atomic E-state index is 0.633. The molecule has 3 rings (SSSR count). The van der Waals surface area contributed by atoms with E-state index in [2.05, 4.69) is 42.0 Å². The number of aliphatic imine (C=N–C) groups is 1. The lowest BCUT2D eigenvalue weighted by Crippen LogP contribution is -1.94. The molecule has 3 heterocycles. The molecule has 0 radical (unpaired) electrons. The SMILES string of the molecule is CCCCCCCCCCCc1cc(/C=C2\N=C(c3ccc[nH]3)C=C2OCC)[nH]c1CCCCCCC. The number of H-pyrrole nitrogens is 2. The van der Waals surface area contributed by atoms with Crippen molar-refractivity contribution in [1.29, 1.82) is 0 Å². The predicted octanol–water partition coefficient (Wildman–Crippen LogP) is 9.69. The highest BCUT2D eigenvalue weighted by molar-refractivity contribution is 6.11. The first-order valence-electron chi connectivity index (χ1n) is 15.2. The third-order valence-corrected chi connectivity index (χ3v) is 7.32. The number of aromatic amines is 2. The maximum absolute atomic E-state index is 5.94. The van der Waals surface area contributed by atoms with Crippen molar-refractivity contribution in [1.82, 2.24) is 9.97 Å². The molecule has 0 aromatic carbocycles. The zero-order chi connectivity index (χ0) is 26.1. The van der Waals surface area contributed by atoms with Gasteiger partial charge in [0.2, 0.25) is 0 Å². The lowest BCUT2D eigenvalue weighted by molar-refractivity contribution is 0.239. The molecule has 37 heavy (non-hydrogen) atoms. The number of aryl methyl sites for hydroxylation is 2. The van der Waals surface area contributed by atoms with Crippen molar-refractivity contribution in [3.8, 4) is 0 Å². The van der Waals surface area contributed by atoms with Crippen LogP contribution in [0.4, 0.5) is 0 Å². The van der Waals surface area contributed by atoms with Gasteiger partial charge < -0.3 is 14.7 Å². The van der Waals surface area contributed by atoms with Crippen LogP contribution in [-0.4, -0.2) is 22.3 Å². The van der Waals surface area contributed by atoms with Gasteiger partial charge in [-0.15, -0.1) is 0 Å². The van der Waals surface area contributed by atoms with E-state index in [9.17, 15) is 0 Å². The Morgan fingerprint density at radius 2 is 1.46 bits per heavy atom. The zero-order valence-electron chi connectivity index (χ0n) is 23.8. The molecule has 2 aromatic heterocycles. The Bertz CT molecular complexity index is 977. The fraction of sp³-hybridized carbons (Fsp3) is 0.606. The number of hydrogen-bond donors (Lipinski definition) is 2. The molecule has 0 amide bonds. The quantitative estimate of drug-likeness (QED) is 0.173. The predicted molar refractivity (Wildman–Crippen MR) is 159 cm³/mol. The van der Waals surface area contributed by atoms with Crippen LogP contribution in [0.1, 0.15) is 133 Å². The second-order valence-corrected chi connectivity index (χ2v) is 10.5. The molecule has 0 atom stereocenters. The molecule has 4 nitrogen and oxygen atoms in total. The van der Waals surface area contributed by atoms with Gasteiger partial charge >= 0.3 is 0 Å². The van der Waals surface area contributed by atoms with Gasteiger partial charge in [0.25, 0.3) is 0 Å². The first-order valence-corrected chi connectivity index (χ1v) is 15.2. The van der Waals surface area contributed by atoms with Gasteiger partial charge in [-0.3, -0.25) is 0 Å². The number of unbranched alkanes of at least 4 members (excludes halogenated alkanes) is 12. The van der Waals surface area contributed by atoms with E-state index in [-0.39, 0.29) is 0 Å². The Hall–Kier alpha value is -2.49. The summed E-state index contributed by atoms with van der Waals surface area (Å²) in [6, 6.07) is 6.42. The van der Waals surface area contributed by atoms with Gasteiger partial charge in [-0.2, -0.15) is 0 Å². The molecule has 2 aromatic rings. The highest BCUT2D eigenvalue weighted by Gasteiger charge is 2.18. The molecule has 1 aliphatic heterocycles. The van der Waals surface area contributed by atoms with Gasteiger partial charge in [-0.05, 0) is 62.4 Å². The number of rotatable bonds is 20. The van der Waals surface area contributed by atoms with Gasteiger partial charge in [0.05, 0.1) is 18.0 Å². The summed E-state index contributed by atoms with van der Waals surface area (Å²) < 4.78 is 5.94. The van der Waals surface area contributed by atoms with Gasteiger partial charge in [-0.1, -0.05) is 90.9 Å². The van der Waals surface area contributed by atoms with Crippen molar-refractivity contribution < 1.29 is 4.74 Å². The summed E-state index contributed by atoms with van der Waals surface area (Å²) in [4.78, 5) is 11.9. The Kier molecular flexibility index (Phi) is 13.4. The van der Waals surface area contributed by atoms with Crippen LogP contribution in [0.2, 0.25) is 0 Å². The third-order valence-electron chi connectivity index (χ3n) is 7.32. The number of hydrogen-bond acceptors (Lipinski definition) is 2. The Morgan fingerprint density at radius 1 is 0.811 bits per heavy atom. The number of nitrogens with one attached hydrogen (secondary N) is 2. The lowest BCUT2D eigenvalue weighted by Gasteiger charge is -2.05. The molecule has 0 spiro atoms. The summed E-state index contributed by atoms with van der Waals surface area (Å²) in [6.45, 7) is 7.23. The molecule has 0 saturated heterocycles. The van der Waals surface area contributed by atoms with E-state index in [0.717, 1.165) is 35.0 Å². The van der Waals surface area contributed by atoms with E-state index in [1.54, 1.807) is 0 Å². The van der Waals surface area contributed by atoms with Crippen LogP contribution in [0.5, 0.6) is 0 Å². The highest BCUT2D eigenvalue weighted by Crippen LogP contribution is 2.27. The van der Waals surface area contributed by atoms with Crippen molar-refractivity contribution in [2.45, 2.75) is 124 Å². The van der Waals surface area contributed by atoms with E-state index in [1.165, 1.54) is 108 Å². The zero-order valence-corrected chi connectivity index (χ0v) is 23.8. The fourth-order valence-electron chi connectivity index (χ4n) is 5.19. The number of aromatic nitrogens is 2. The highest BCUT2D eigenvalue weighted by atomic mass is 16.5. The largest absolute Gasteiger partial charge is 0.492 e. The molecule has 1 aliphatic rings. The van der Waals surface area contributed by atoms with Gasteiger partial charge in [0.1, 0.15) is 11.5 Å². The van der Waals surface area contributed by atoms with Crippen LogP contribution >= 0.6 is 0 Å². The third kappa shape index (κ3) is 10.1. The number of nitrogens with zero attached hydrogens (tertiary/aromatic N) is 1. The molecule has 0 saturated carbocycles. The molecular formula is C33H51N3O. The van der Waals surface area contributed by atoms with Crippen molar-refractivity contribution in [3.63, 3.8) is 0 Å². The molecule has 0 bridgehead atoms. The van der Waals surface area contributed by atoms with Crippen LogP contribution < -0.4 is 0 Å². The second kappa shape index (κ2) is 17.1. The number of allylic oxidation sites excluding steroid dienone is 1. The maximum Gasteiger partial charge on any atom is 0.147 e. The van der Waals surface area contributed by atoms with E-state index in [1.807, 2.05) is 25.3 Å². The normalized spacial score (nSPS) is 14.4. The summed E-state index contributed by atoms with van der Waals surface area (Å²) >= 11 is 0. The smallest absolute Gasteiger partial charge is 0.147 e. The van der Waals surface area contributed by atoms with Crippen molar-refractivity contribution in [2.24, 2.45) is 4.99 Å². The summed E-state index contributed by atoms with van der Waals surface area (Å²) in [5, 5.41) is 0. The van der Waals surface area contributed by atoms with E-state index in [4.69, 9.17) is 9.73 Å². The molecule has 0 aliphatic carbocycles. The van der Waals surface area contributed by atoms with Gasteiger partial charge in [0, 0.05) is 23.7 Å². The van der Waals surface area contributed by atoms with Crippen molar-refractivity contribution >= 4 is 11.8 Å². The standard InChI is InChI=1S/C33H51N3O/c1-4-7-9-11-12-13-14-16-17-20-27-24-28(35-29(27)21-18-15-10-8-5-2)25-32-33(37-6-3)26-31(36-32)30-22-19-23-34-30/h19,22-26,34-35H,4-18,20-21H2,1-3H3/b32-25-. The van der Waals surface area contributed by atoms with Gasteiger partial charge in [-0.25, -0.2) is 4.99 Å². The summed E-state index contributed by atoms with van der Waals surface area (Å²) in [5.74, 6) is 0.850. The maximum atomic E-state index is 5.94. The van der Waals surface area contributed by atoms with Crippen molar-refractivity contribution in [3.05, 3.63) is 64.6 Å². The number of ether oxygens (including phenoxy) is 1. The lowest BCUT2D eigenvalue weighted by atomic mass is 10.0. The van der Waals surface area contributed by atoms with Gasteiger partial charge in [0.15, 0.2) is 0 Å². The monoisotopic (exact) mass is 505 g/mol. The van der Waals surface area contributed by atoms with Crippen LogP contribution in [0.15, 0.2) is 46.9 Å². The Morgan fingerprint density at radius 3 is 2.08 bits per heavy atom. The first kappa shape index (κ1) is 29.1.